The zero-order chi connectivity index (χ0) is 20.1. The van der Waals surface area contributed by atoms with Crippen molar-refractivity contribution in [2.24, 2.45) is 0 Å². The number of hydrogen-bond donors (Lipinski definition) is 1. The number of ether oxygens (including phenoxy) is 2. The number of anilines is 1. The molecule has 150 valence electrons. The van der Waals surface area contributed by atoms with Gasteiger partial charge in [-0.15, -0.1) is 0 Å². The minimum absolute atomic E-state index is 0.101. The fourth-order valence-corrected chi connectivity index (χ4v) is 4.26. The molecule has 7 nitrogen and oxygen atoms in total. The lowest BCUT2D eigenvalue weighted by molar-refractivity contribution is 0.155. The third-order valence-corrected chi connectivity index (χ3v) is 6.66. The van der Waals surface area contributed by atoms with E-state index in [0.717, 1.165) is 5.56 Å². The van der Waals surface area contributed by atoms with Gasteiger partial charge in [-0.05, 0) is 48.4 Å². The summed E-state index contributed by atoms with van der Waals surface area (Å²) >= 11 is 5.81. The Hall–Kier alpha value is -2.13. The van der Waals surface area contributed by atoms with E-state index < -0.39 is 16.1 Å². The molecule has 1 aliphatic heterocycles. The number of sulfonamides is 1. The molecule has 0 radical (unpaired) electrons. The number of nitrogens with one attached hydrogen (secondary N) is 1. The molecule has 0 bridgehead atoms. The van der Waals surface area contributed by atoms with Crippen molar-refractivity contribution in [3.8, 4) is 0 Å². The highest BCUT2D eigenvalue weighted by Crippen LogP contribution is 2.22. The van der Waals surface area contributed by atoms with Crippen LogP contribution in [0.15, 0.2) is 53.4 Å². The lowest BCUT2D eigenvalue weighted by Crippen LogP contribution is -2.37. The zero-order valence-electron chi connectivity index (χ0n) is 15.3. The first-order chi connectivity index (χ1) is 13.4. The van der Waals surface area contributed by atoms with Gasteiger partial charge in [-0.25, -0.2) is 13.2 Å². The Morgan fingerprint density at radius 3 is 2.50 bits per heavy atom. The van der Waals surface area contributed by atoms with Crippen LogP contribution in [0.4, 0.5) is 10.5 Å². The van der Waals surface area contributed by atoms with E-state index in [1.54, 1.807) is 31.3 Å². The lowest BCUT2D eigenvalue weighted by Gasteiger charge is -2.22. The SMILES string of the molecule is CN([C@@H]1CCOC1)S(=O)(=O)c1ccc(NC(=O)OCc2ccc(Cl)cc2)cc1. The number of nitrogens with zero attached hydrogens (tertiary/aromatic N) is 1. The monoisotopic (exact) mass is 424 g/mol. The maximum absolute atomic E-state index is 12.7. The van der Waals surface area contributed by atoms with Crippen molar-refractivity contribution in [1.82, 2.24) is 4.31 Å². The summed E-state index contributed by atoms with van der Waals surface area (Å²) in [4.78, 5) is 12.1. The Bertz CT molecular complexity index is 910. The van der Waals surface area contributed by atoms with Crippen LogP contribution in [-0.2, 0) is 26.1 Å². The van der Waals surface area contributed by atoms with Crippen LogP contribution in [0.1, 0.15) is 12.0 Å². The molecule has 1 heterocycles. The van der Waals surface area contributed by atoms with Crippen molar-refractivity contribution >= 4 is 33.4 Å². The van der Waals surface area contributed by atoms with Gasteiger partial charge in [0.15, 0.2) is 0 Å². The van der Waals surface area contributed by atoms with Crippen LogP contribution in [0, 0.1) is 0 Å². The number of hydrogen-bond acceptors (Lipinski definition) is 5. The van der Waals surface area contributed by atoms with E-state index in [0.29, 0.717) is 30.3 Å². The van der Waals surface area contributed by atoms with E-state index in [1.165, 1.54) is 28.6 Å². The van der Waals surface area contributed by atoms with Gasteiger partial charge in [-0.2, -0.15) is 4.31 Å². The summed E-state index contributed by atoms with van der Waals surface area (Å²) in [5.74, 6) is 0. The molecule has 1 amide bonds. The summed E-state index contributed by atoms with van der Waals surface area (Å²) in [6, 6.07) is 12.8. The van der Waals surface area contributed by atoms with Crippen LogP contribution in [-0.4, -0.2) is 45.1 Å². The number of amides is 1. The normalized spacial score (nSPS) is 16.9. The van der Waals surface area contributed by atoms with E-state index in [4.69, 9.17) is 21.1 Å². The molecular formula is C19H21ClN2O5S. The Balaban J connectivity index is 1.57. The van der Waals surface area contributed by atoms with E-state index in [1.807, 2.05) is 0 Å². The van der Waals surface area contributed by atoms with Gasteiger partial charge < -0.3 is 9.47 Å². The molecule has 3 rings (SSSR count). The molecular weight excluding hydrogens is 404 g/mol. The number of rotatable bonds is 6. The fourth-order valence-electron chi connectivity index (χ4n) is 2.77. The first-order valence-electron chi connectivity index (χ1n) is 8.70. The second-order valence-corrected chi connectivity index (χ2v) is 8.82. The van der Waals surface area contributed by atoms with Gasteiger partial charge in [0.05, 0.1) is 17.5 Å². The minimum Gasteiger partial charge on any atom is -0.444 e. The topological polar surface area (TPSA) is 84.9 Å². The third kappa shape index (κ3) is 5.02. The second-order valence-electron chi connectivity index (χ2n) is 6.39. The molecule has 0 spiro atoms. The van der Waals surface area contributed by atoms with Crippen molar-refractivity contribution in [1.29, 1.82) is 0 Å². The maximum Gasteiger partial charge on any atom is 0.411 e. The van der Waals surface area contributed by atoms with E-state index in [9.17, 15) is 13.2 Å². The first kappa shape index (κ1) is 20.6. The number of carbonyl (C=O) groups is 1. The Kier molecular flexibility index (Phi) is 6.56. The number of benzene rings is 2. The molecule has 2 aromatic rings. The van der Waals surface area contributed by atoms with Crippen LogP contribution in [0.2, 0.25) is 5.02 Å². The molecule has 1 fully saturated rings. The molecule has 9 heteroatoms. The summed E-state index contributed by atoms with van der Waals surface area (Å²) in [6.07, 6.45) is 0.0419. The lowest BCUT2D eigenvalue weighted by atomic mass is 10.2. The van der Waals surface area contributed by atoms with E-state index in [2.05, 4.69) is 5.32 Å². The highest BCUT2D eigenvalue weighted by Gasteiger charge is 2.30. The van der Waals surface area contributed by atoms with Crippen LogP contribution in [0.3, 0.4) is 0 Å². The average molecular weight is 425 g/mol. The summed E-state index contributed by atoms with van der Waals surface area (Å²) < 4.78 is 37.1. The van der Waals surface area contributed by atoms with Crippen molar-refractivity contribution in [2.45, 2.75) is 24.0 Å². The summed E-state index contributed by atoms with van der Waals surface area (Å²) in [6.45, 7) is 1.06. The standard InChI is InChI=1S/C19H21ClN2O5S/c1-22(17-10-11-26-13-17)28(24,25)18-8-6-16(7-9-18)21-19(23)27-12-14-2-4-15(20)5-3-14/h2-9,17H,10-13H2,1H3,(H,21,23)/t17-/m1/s1. The van der Waals surface area contributed by atoms with E-state index >= 15 is 0 Å². The van der Waals surface area contributed by atoms with Crippen molar-refractivity contribution in [2.75, 3.05) is 25.6 Å². The van der Waals surface area contributed by atoms with Gasteiger partial charge in [0.2, 0.25) is 10.0 Å². The van der Waals surface area contributed by atoms with Crippen LogP contribution in [0.25, 0.3) is 0 Å². The molecule has 1 aliphatic rings. The number of likely N-dealkylation sites (N-methyl/N-ethyl adjacent to an activating group) is 1. The Morgan fingerprint density at radius 1 is 1.21 bits per heavy atom. The summed E-state index contributed by atoms with van der Waals surface area (Å²) in [7, 11) is -2.07. The number of halogens is 1. The highest BCUT2D eigenvalue weighted by atomic mass is 35.5. The average Bonchev–Trinajstić information content (AvgIpc) is 3.22. The van der Waals surface area contributed by atoms with Crippen molar-refractivity contribution in [3.63, 3.8) is 0 Å². The predicted octanol–water partition coefficient (Wildman–Crippen LogP) is 3.50. The maximum atomic E-state index is 12.7. The molecule has 0 unspecified atom stereocenters. The minimum atomic E-state index is -3.62. The molecule has 0 aromatic heterocycles. The molecule has 28 heavy (non-hydrogen) atoms. The van der Waals surface area contributed by atoms with Gasteiger partial charge in [-0.3, -0.25) is 5.32 Å². The van der Waals surface area contributed by atoms with Crippen LogP contribution in [0.5, 0.6) is 0 Å². The first-order valence-corrected chi connectivity index (χ1v) is 10.5. The molecule has 2 aromatic carbocycles. The second kappa shape index (κ2) is 8.91. The van der Waals surface area contributed by atoms with Crippen molar-refractivity contribution in [3.05, 3.63) is 59.1 Å². The predicted molar refractivity (Wildman–Crippen MR) is 106 cm³/mol. The largest absolute Gasteiger partial charge is 0.444 e. The molecule has 0 saturated carbocycles. The van der Waals surface area contributed by atoms with Gasteiger partial charge in [0.25, 0.3) is 0 Å². The molecule has 1 atom stereocenters. The Labute approximate surface area is 169 Å². The van der Waals surface area contributed by atoms with Gasteiger partial charge in [-0.1, -0.05) is 23.7 Å². The Morgan fingerprint density at radius 2 is 1.89 bits per heavy atom. The third-order valence-electron chi connectivity index (χ3n) is 4.48. The smallest absolute Gasteiger partial charge is 0.411 e. The highest BCUT2D eigenvalue weighted by molar-refractivity contribution is 7.89. The zero-order valence-corrected chi connectivity index (χ0v) is 16.9. The quantitative estimate of drug-likeness (QED) is 0.767. The van der Waals surface area contributed by atoms with Gasteiger partial charge >= 0.3 is 6.09 Å². The van der Waals surface area contributed by atoms with Gasteiger partial charge in [0.1, 0.15) is 6.61 Å². The fraction of sp³-hybridized carbons (Fsp3) is 0.316. The van der Waals surface area contributed by atoms with Crippen LogP contribution < -0.4 is 5.32 Å². The van der Waals surface area contributed by atoms with Crippen molar-refractivity contribution < 1.29 is 22.7 Å². The van der Waals surface area contributed by atoms with Crippen LogP contribution >= 0.6 is 11.6 Å². The molecule has 1 N–H and O–H groups in total. The summed E-state index contributed by atoms with van der Waals surface area (Å²) in [5.41, 5.74) is 1.24. The van der Waals surface area contributed by atoms with Gasteiger partial charge in [0, 0.05) is 24.4 Å². The molecule has 0 aliphatic carbocycles. The van der Waals surface area contributed by atoms with E-state index in [-0.39, 0.29) is 17.5 Å². The molecule has 1 saturated heterocycles. The number of carbonyl (C=O) groups excluding carboxylic acids is 1. The summed E-state index contributed by atoms with van der Waals surface area (Å²) in [5, 5.41) is 3.18.